The summed E-state index contributed by atoms with van der Waals surface area (Å²) < 4.78 is 5.49. The predicted molar refractivity (Wildman–Crippen MR) is 84.3 cm³/mol. The van der Waals surface area contributed by atoms with E-state index in [1.807, 2.05) is 32.0 Å². The van der Waals surface area contributed by atoms with Gasteiger partial charge in [0.05, 0.1) is 6.61 Å². The Morgan fingerprint density at radius 3 is 2.50 bits per heavy atom. The van der Waals surface area contributed by atoms with Gasteiger partial charge in [0.25, 0.3) is 0 Å². The minimum Gasteiger partial charge on any atom is -0.494 e. The van der Waals surface area contributed by atoms with Crippen LogP contribution >= 0.6 is 11.6 Å². The van der Waals surface area contributed by atoms with E-state index >= 15 is 0 Å². The second-order valence-electron chi connectivity index (χ2n) is 4.77. The number of ether oxygens (including phenoxy) is 1. The second-order valence-corrected chi connectivity index (χ2v) is 5.17. The van der Waals surface area contributed by atoms with Crippen LogP contribution in [-0.4, -0.2) is 6.61 Å². The highest BCUT2D eigenvalue weighted by Gasteiger charge is 1.99. The topological polar surface area (TPSA) is 21.3 Å². The average Bonchev–Trinajstić information content (AvgIpc) is 2.44. The van der Waals surface area contributed by atoms with Gasteiger partial charge in [-0.1, -0.05) is 35.9 Å². The van der Waals surface area contributed by atoms with Gasteiger partial charge in [-0.05, 0) is 48.7 Å². The fourth-order valence-corrected chi connectivity index (χ4v) is 2.21. The molecule has 20 heavy (non-hydrogen) atoms. The third-order valence-electron chi connectivity index (χ3n) is 3.10. The largest absolute Gasteiger partial charge is 0.494 e. The van der Waals surface area contributed by atoms with Crippen molar-refractivity contribution in [2.75, 3.05) is 6.61 Å². The molecule has 0 bridgehead atoms. The molecule has 0 spiro atoms. The second kappa shape index (κ2) is 7.32. The van der Waals surface area contributed by atoms with Gasteiger partial charge in [-0.15, -0.1) is 0 Å². The Morgan fingerprint density at radius 2 is 1.80 bits per heavy atom. The molecule has 0 fully saturated rings. The maximum Gasteiger partial charge on any atom is 0.119 e. The Hall–Kier alpha value is -1.51. The van der Waals surface area contributed by atoms with Crippen molar-refractivity contribution in [3.63, 3.8) is 0 Å². The highest BCUT2D eigenvalue weighted by molar-refractivity contribution is 6.31. The average molecular weight is 290 g/mol. The maximum absolute atomic E-state index is 6.12. The molecule has 2 nitrogen and oxygen atoms in total. The molecule has 0 atom stereocenters. The molecule has 0 aliphatic rings. The molecule has 0 amide bonds. The van der Waals surface area contributed by atoms with Crippen LogP contribution in [0, 0.1) is 6.92 Å². The van der Waals surface area contributed by atoms with Crippen molar-refractivity contribution in [3.05, 3.63) is 64.2 Å². The van der Waals surface area contributed by atoms with Crippen molar-refractivity contribution in [1.29, 1.82) is 0 Å². The number of nitrogens with one attached hydrogen (secondary N) is 1. The predicted octanol–water partition coefficient (Wildman–Crippen LogP) is 4.34. The zero-order chi connectivity index (χ0) is 14.4. The molecule has 2 aromatic rings. The normalized spacial score (nSPS) is 10.6. The van der Waals surface area contributed by atoms with Crippen LogP contribution in [0.1, 0.15) is 23.6 Å². The molecule has 0 saturated heterocycles. The Balaban J connectivity index is 1.89. The van der Waals surface area contributed by atoms with Gasteiger partial charge in [0.2, 0.25) is 0 Å². The number of hydrogen-bond donors (Lipinski definition) is 1. The fourth-order valence-electron chi connectivity index (χ4n) is 2.01. The Kier molecular flexibility index (Phi) is 5.45. The van der Waals surface area contributed by atoms with E-state index in [0.717, 1.165) is 29.4 Å². The van der Waals surface area contributed by atoms with Crippen LogP contribution in [0.3, 0.4) is 0 Å². The third-order valence-corrected chi connectivity index (χ3v) is 3.51. The molecule has 3 heteroatoms. The summed E-state index contributed by atoms with van der Waals surface area (Å²) in [5.74, 6) is 0.921. The molecule has 0 saturated carbocycles. The maximum atomic E-state index is 6.12. The highest BCUT2D eigenvalue weighted by atomic mass is 35.5. The summed E-state index contributed by atoms with van der Waals surface area (Å²) in [5.41, 5.74) is 3.52. The van der Waals surface area contributed by atoms with Crippen molar-refractivity contribution in [2.45, 2.75) is 26.9 Å². The molecule has 2 rings (SSSR count). The van der Waals surface area contributed by atoms with Crippen molar-refractivity contribution < 1.29 is 4.74 Å². The van der Waals surface area contributed by atoms with Crippen LogP contribution in [0.2, 0.25) is 5.02 Å². The summed E-state index contributed by atoms with van der Waals surface area (Å²) in [6, 6.07) is 14.3. The zero-order valence-corrected chi connectivity index (χ0v) is 12.7. The summed E-state index contributed by atoms with van der Waals surface area (Å²) in [6.07, 6.45) is 0. The van der Waals surface area contributed by atoms with E-state index in [2.05, 4.69) is 29.6 Å². The van der Waals surface area contributed by atoms with E-state index in [-0.39, 0.29) is 0 Å². The van der Waals surface area contributed by atoms with Crippen LogP contribution in [0.4, 0.5) is 0 Å². The highest BCUT2D eigenvalue weighted by Crippen LogP contribution is 2.17. The Bertz CT molecular complexity index is 569. The van der Waals surface area contributed by atoms with Crippen molar-refractivity contribution in [1.82, 2.24) is 5.32 Å². The molecule has 0 heterocycles. The van der Waals surface area contributed by atoms with Gasteiger partial charge in [0, 0.05) is 18.1 Å². The SMILES string of the molecule is CCOc1cccc(CNCc2ccc(C)c(Cl)c2)c1. The molecule has 1 N–H and O–H groups in total. The molecular formula is C17H20ClNO. The quantitative estimate of drug-likeness (QED) is 0.854. The molecule has 2 aromatic carbocycles. The molecule has 0 radical (unpaired) electrons. The van der Waals surface area contributed by atoms with Gasteiger partial charge in [0.1, 0.15) is 5.75 Å². The summed E-state index contributed by atoms with van der Waals surface area (Å²) >= 11 is 6.12. The van der Waals surface area contributed by atoms with Gasteiger partial charge in [0.15, 0.2) is 0 Å². The first-order valence-corrected chi connectivity index (χ1v) is 7.24. The van der Waals surface area contributed by atoms with Crippen LogP contribution in [0.15, 0.2) is 42.5 Å². The van der Waals surface area contributed by atoms with Gasteiger partial charge in [-0.3, -0.25) is 0 Å². The first kappa shape index (κ1) is 14.9. The smallest absolute Gasteiger partial charge is 0.119 e. The number of rotatable bonds is 6. The Labute approximate surface area is 125 Å². The summed E-state index contributed by atoms with van der Waals surface area (Å²) in [6.45, 7) is 6.31. The molecule has 0 aliphatic carbocycles. The van der Waals surface area contributed by atoms with Crippen molar-refractivity contribution >= 4 is 11.6 Å². The monoisotopic (exact) mass is 289 g/mol. The van der Waals surface area contributed by atoms with E-state index in [0.29, 0.717) is 6.61 Å². The number of benzene rings is 2. The number of hydrogen-bond acceptors (Lipinski definition) is 2. The minimum atomic E-state index is 0.693. The van der Waals surface area contributed by atoms with E-state index in [9.17, 15) is 0 Å². The van der Waals surface area contributed by atoms with Crippen LogP contribution in [0.5, 0.6) is 5.75 Å². The minimum absolute atomic E-state index is 0.693. The van der Waals surface area contributed by atoms with Crippen molar-refractivity contribution in [3.8, 4) is 5.75 Å². The summed E-state index contributed by atoms with van der Waals surface area (Å²) in [5, 5.41) is 4.24. The van der Waals surface area contributed by atoms with Crippen LogP contribution in [-0.2, 0) is 13.1 Å². The van der Waals surface area contributed by atoms with Gasteiger partial charge >= 0.3 is 0 Å². The zero-order valence-electron chi connectivity index (χ0n) is 11.9. The molecular weight excluding hydrogens is 270 g/mol. The number of aryl methyl sites for hydroxylation is 1. The first-order chi connectivity index (χ1) is 9.69. The molecule has 0 aromatic heterocycles. The lowest BCUT2D eigenvalue weighted by Gasteiger charge is -2.08. The molecule has 106 valence electrons. The van der Waals surface area contributed by atoms with Gasteiger partial charge in [-0.2, -0.15) is 0 Å². The van der Waals surface area contributed by atoms with E-state index in [4.69, 9.17) is 16.3 Å². The van der Waals surface area contributed by atoms with E-state index in [1.165, 1.54) is 11.1 Å². The van der Waals surface area contributed by atoms with Crippen LogP contribution < -0.4 is 10.1 Å². The third kappa shape index (κ3) is 4.26. The number of halogens is 1. The lowest BCUT2D eigenvalue weighted by atomic mass is 10.1. The Morgan fingerprint density at radius 1 is 1.05 bits per heavy atom. The lowest BCUT2D eigenvalue weighted by molar-refractivity contribution is 0.340. The van der Waals surface area contributed by atoms with Crippen molar-refractivity contribution in [2.24, 2.45) is 0 Å². The standard InChI is InChI=1S/C17H20ClNO/c1-3-20-16-6-4-5-14(9-16)11-19-12-15-8-7-13(2)17(18)10-15/h4-10,19H,3,11-12H2,1-2H3. The van der Waals surface area contributed by atoms with Gasteiger partial charge < -0.3 is 10.1 Å². The molecule has 0 unspecified atom stereocenters. The van der Waals surface area contributed by atoms with E-state index < -0.39 is 0 Å². The molecule has 0 aliphatic heterocycles. The fraction of sp³-hybridized carbons (Fsp3) is 0.294. The summed E-state index contributed by atoms with van der Waals surface area (Å²) in [4.78, 5) is 0. The van der Waals surface area contributed by atoms with E-state index in [1.54, 1.807) is 0 Å². The lowest BCUT2D eigenvalue weighted by Crippen LogP contribution is -2.12. The van der Waals surface area contributed by atoms with Gasteiger partial charge in [-0.25, -0.2) is 0 Å². The van der Waals surface area contributed by atoms with Crippen LogP contribution in [0.25, 0.3) is 0 Å². The first-order valence-electron chi connectivity index (χ1n) is 6.86. The summed E-state index contributed by atoms with van der Waals surface area (Å²) in [7, 11) is 0.